The summed E-state index contributed by atoms with van der Waals surface area (Å²) in [7, 11) is 0. The lowest BCUT2D eigenvalue weighted by Gasteiger charge is -2.31. The van der Waals surface area contributed by atoms with Crippen molar-refractivity contribution < 1.29 is 27.9 Å². The first-order valence-electron chi connectivity index (χ1n) is 11.5. The van der Waals surface area contributed by atoms with E-state index in [4.69, 9.17) is 9.94 Å². The lowest BCUT2D eigenvalue weighted by molar-refractivity contribution is 0.00909. The maximum Gasteiger partial charge on any atom is 0.337 e. The van der Waals surface area contributed by atoms with Crippen molar-refractivity contribution in [1.29, 1.82) is 0 Å². The quantitative estimate of drug-likeness (QED) is 0.255. The van der Waals surface area contributed by atoms with Gasteiger partial charge < -0.3 is 9.94 Å². The van der Waals surface area contributed by atoms with Crippen molar-refractivity contribution >= 4 is 17.3 Å². The van der Waals surface area contributed by atoms with Crippen LogP contribution in [0.5, 0.6) is 0 Å². The van der Waals surface area contributed by atoms with Crippen LogP contribution in [0.25, 0.3) is 5.57 Å². The maximum atomic E-state index is 13.6. The van der Waals surface area contributed by atoms with E-state index in [0.717, 1.165) is 43.1 Å². The molecule has 3 rings (SSSR count). The standard InChI is InChI=1S/C27H28F3N3O3/c1-18-3-4-22(25(13-18)20(14-28)5-7-23(30)15-29)17-33-11-9-24(10-12-33)36-32-19(2)26-8-6-21(16-31-26)27(34)35/h3-8,13-16,24H,9-12,17H2,1-2H3,(H,34,35)/b7-5-,20-14-,23-15-,32-19+. The van der Waals surface area contributed by atoms with Crippen molar-refractivity contribution in [2.45, 2.75) is 39.3 Å². The molecule has 0 radical (unpaired) electrons. The summed E-state index contributed by atoms with van der Waals surface area (Å²) in [5, 5.41) is 13.1. The Morgan fingerprint density at radius 3 is 2.56 bits per heavy atom. The number of benzene rings is 1. The Bertz CT molecular complexity index is 1180. The van der Waals surface area contributed by atoms with Crippen molar-refractivity contribution in [2.24, 2.45) is 5.16 Å². The second-order valence-corrected chi connectivity index (χ2v) is 8.55. The normalized spacial score (nSPS) is 16.5. The molecule has 1 fully saturated rings. The summed E-state index contributed by atoms with van der Waals surface area (Å²) >= 11 is 0. The predicted molar refractivity (Wildman–Crippen MR) is 132 cm³/mol. The topological polar surface area (TPSA) is 75.0 Å². The molecule has 0 amide bonds. The number of carbonyl (C=O) groups is 1. The summed E-state index contributed by atoms with van der Waals surface area (Å²) < 4.78 is 39.1. The van der Waals surface area contributed by atoms with E-state index in [1.54, 1.807) is 13.0 Å². The summed E-state index contributed by atoms with van der Waals surface area (Å²) in [5.74, 6) is -2.13. The fraction of sp³-hybridized carbons (Fsp3) is 0.296. The van der Waals surface area contributed by atoms with E-state index in [1.165, 1.54) is 18.3 Å². The maximum absolute atomic E-state index is 13.6. The van der Waals surface area contributed by atoms with E-state index in [0.29, 0.717) is 29.8 Å². The average Bonchev–Trinajstić information content (AvgIpc) is 2.89. The van der Waals surface area contributed by atoms with Gasteiger partial charge in [-0.1, -0.05) is 28.9 Å². The molecule has 1 aromatic heterocycles. The number of carboxylic acids is 1. The number of nitrogens with zero attached hydrogens (tertiary/aromatic N) is 3. The van der Waals surface area contributed by atoms with E-state index in [1.807, 2.05) is 25.1 Å². The average molecular weight is 500 g/mol. The van der Waals surface area contributed by atoms with E-state index < -0.39 is 11.8 Å². The van der Waals surface area contributed by atoms with Gasteiger partial charge in [0.15, 0.2) is 5.83 Å². The van der Waals surface area contributed by atoms with Crippen molar-refractivity contribution in [3.8, 4) is 0 Å². The number of piperidine rings is 1. The molecule has 1 aromatic carbocycles. The number of pyridine rings is 1. The van der Waals surface area contributed by atoms with E-state index >= 15 is 0 Å². The summed E-state index contributed by atoms with van der Waals surface area (Å²) in [6.07, 6.45) is 5.00. The molecular formula is C27H28F3N3O3. The summed E-state index contributed by atoms with van der Waals surface area (Å²) in [4.78, 5) is 23.0. The Morgan fingerprint density at radius 2 is 1.94 bits per heavy atom. The fourth-order valence-corrected chi connectivity index (χ4v) is 3.84. The van der Waals surface area contributed by atoms with Crippen LogP contribution in [0.4, 0.5) is 13.2 Å². The fourth-order valence-electron chi connectivity index (χ4n) is 3.84. The van der Waals surface area contributed by atoms with Crippen LogP contribution in [-0.2, 0) is 11.4 Å². The zero-order valence-electron chi connectivity index (χ0n) is 20.1. The number of hydrogen-bond acceptors (Lipinski definition) is 5. The van der Waals surface area contributed by atoms with E-state index in [9.17, 15) is 18.0 Å². The number of hydrogen-bond donors (Lipinski definition) is 1. The molecule has 0 bridgehead atoms. The minimum Gasteiger partial charge on any atom is -0.478 e. The Labute approximate surface area is 208 Å². The van der Waals surface area contributed by atoms with Crippen LogP contribution in [0.3, 0.4) is 0 Å². The Hall–Kier alpha value is -3.72. The Kier molecular flexibility index (Phi) is 9.58. The highest BCUT2D eigenvalue weighted by atomic mass is 19.2. The number of aryl methyl sites for hydroxylation is 1. The number of rotatable bonds is 9. The molecule has 0 aliphatic carbocycles. The van der Waals surface area contributed by atoms with Gasteiger partial charge in [0.2, 0.25) is 0 Å². The minimum atomic E-state index is -1.09. The van der Waals surface area contributed by atoms with Gasteiger partial charge in [-0.05, 0) is 62.1 Å². The van der Waals surface area contributed by atoms with Crippen LogP contribution in [-0.4, -0.2) is 45.9 Å². The summed E-state index contributed by atoms with van der Waals surface area (Å²) in [6.45, 7) is 5.67. The predicted octanol–water partition coefficient (Wildman–Crippen LogP) is 6.14. The third kappa shape index (κ3) is 7.39. The third-order valence-corrected chi connectivity index (χ3v) is 5.87. The highest BCUT2D eigenvalue weighted by Crippen LogP contribution is 2.26. The molecule has 0 saturated carbocycles. The van der Waals surface area contributed by atoms with Crippen LogP contribution in [0.15, 0.2) is 72.3 Å². The van der Waals surface area contributed by atoms with Gasteiger partial charge >= 0.3 is 5.97 Å². The minimum absolute atomic E-state index is 0.0772. The molecule has 6 nitrogen and oxygen atoms in total. The van der Waals surface area contributed by atoms with Gasteiger partial charge in [-0.2, -0.15) is 0 Å². The SMILES string of the molecule is C/C(=N\OC1CCN(Cc2ccc(C)cc2C(/C=C\C(F)=C\F)=C\F)CC1)c1ccc(C(=O)O)cn1. The number of aromatic nitrogens is 1. The lowest BCUT2D eigenvalue weighted by Crippen LogP contribution is -2.36. The second kappa shape index (κ2) is 12.8. The molecule has 1 aliphatic heterocycles. The van der Waals surface area contributed by atoms with Crippen LogP contribution in [0, 0.1) is 6.92 Å². The number of carboxylic acid groups (broad SMARTS) is 1. The van der Waals surface area contributed by atoms with Gasteiger partial charge in [-0.3, -0.25) is 9.88 Å². The van der Waals surface area contributed by atoms with Crippen molar-refractivity contribution in [3.05, 3.63) is 95.1 Å². The highest BCUT2D eigenvalue weighted by molar-refractivity contribution is 5.97. The lowest BCUT2D eigenvalue weighted by atomic mass is 9.96. The molecule has 36 heavy (non-hydrogen) atoms. The molecule has 2 aromatic rings. The van der Waals surface area contributed by atoms with Gasteiger partial charge in [-0.15, -0.1) is 0 Å². The summed E-state index contributed by atoms with van der Waals surface area (Å²) in [5.41, 5.74) is 3.79. The zero-order valence-corrected chi connectivity index (χ0v) is 20.1. The Balaban J connectivity index is 1.60. The molecule has 1 N–H and O–H groups in total. The molecule has 190 valence electrons. The smallest absolute Gasteiger partial charge is 0.337 e. The number of allylic oxidation sites excluding steroid dienone is 4. The van der Waals surface area contributed by atoms with Gasteiger partial charge in [0.05, 0.1) is 17.6 Å². The highest BCUT2D eigenvalue weighted by Gasteiger charge is 2.22. The van der Waals surface area contributed by atoms with Gasteiger partial charge in [-0.25, -0.2) is 18.0 Å². The number of aromatic carboxylic acids is 1. The van der Waals surface area contributed by atoms with Crippen molar-refractivity contribution in [3.63, 3.8) is 0 Å². The largest absolute Gasteiger partial charge is 0.478 e. The molecule has 0 unspecified atom stereocenters. The van der Waals surface area contributed by atoms with Crippen LogP contribution in [0.1, 0.15) is 52.5 Å². The first kappa shape index (κ1) is 26.9. The molecule has 2 heterocycles. The first-order chi connectivity index (χ1) is 17.3. The van der Waals surface area contributed by atoms with E-state index in [-0.39, 0.29) is 23.6 Å². The van der Waals surface area contributed by atoms with Crippen LogP contribution < -0.4 is 0 Å². The first-order valence-corrected chi connectivity index (χ1v) is 11.5. The molecule has 9 heteroatoms. The number of oxime groups is 1. The van der Waals surface area contributed by atoms with Crippen LogP contribution in [0.2, 0.25) is 0 Å². The second-order valence-electron chi connectivity index (χ2n) is 8.55. The number of likely N-dealkylation sites (tertiary alicyclic amines) is 1. The van der Waals surface area contributed by atoms with Crippen LogP contribution >= 0.6 is 0 Å². The number of halogens is 3. The van der Waals surface area contributed by atoms with Gasteiger partial charge in [0.25, 0.3) is 0 Å². The molecule has 1 aliphatic rings. The Morgan fingerprint density at radius 1 is 1.19 bits per heavy atom. The van der Waals surface area contributed by atoms with Crippen molar-refractivity contribution in [2.75, 3.05) is 13.1 Å². The molecule has 0 atom stereocenters. The zero-order chi connectivity index (χ0) is 26.1. The van der Waals surface area contributed by atoms with Gasteiger partial charge in [0.1, 0.15) is 18.1 Å². The molecule has 1 saturated heterocycles. The summed E-state index contributed by atoms with van der Waals surface area (Å²) in [6, 6.07) is 8.74. The molecule has 0 spiro atoms. The van der Waals surface area contributed by atoms with E-state index in [2.05, 4.69) is 15.0 Å². The van der Waals surface area contributed by atoms with Gasteiger partial charge in [0, 0.05) is 31.4 Å². The third-order valence-electron chi connectivity index (χ3n) is 5.87. The van der Waals surface area contributed by atoms with Crippen molar-refractivity contribution in [1.82, 2.24) is 9.88 Å². The monoisotopic (exact) mass is 499 g/mol. The molecular weight excluding hydrogens is 471 g/mol.